The molecule has 0 saturated carbocycles. The highest BCUT2D eigenvalue weighted by Crippen LogP contribution is 2.24. The Labute approximate surface area is 139 Å². The number of hydrogen-bond donors (Lipinski definition) is 0. The highest BCUT2D eigenvalue weighted by Gasteiger charge is 2.26. The average Bonchev–Trinajstić information content (AvgIpc) is 3.00. The third-order valence-electron chi connectivity index (χ3n) is 4.37. The van der Waals surface area contributed by atoms with E-state index in [1.54, 1.807) is 0 Å². The Morgan fingerprint density at radius 3 is 2.88 bits per heavy atom. The van der Waals surface area contributed by atoms with E-state index in [1.807, 2.05) is 19.3 Å². The Morgan fingerprint density at radius 2 is 2.17 bits per heavy atom. The molecule has 0 unspecified atom stereocenters. The van der Waals surface area contributed by atoms with E-state index in [0.29, 0.717) is 26.3 Å². The van der Waals surface area contributed by atoms with Gasteiger partial charge in [-0.25, -0.2) is 0 Å². The molecule has 0 spiro atoms. The molecule has 3 rings (SSSR count). The fourth-order valence-corrected chi connectivity index (χ4v) is 3.04. The Morgan fingerprint density at radius 1 is 1.33 bits per heavy atom. The molecule has 1 saturated heterocycles. The minimum atomic E-state index is -0.489. The van der Waals surface area contributed by atoms with Crippen LogP contribution in [-0.2, 0) is 18.3 Å². The molecule has 0 aromatic carbocycles. The molecule has 24 heavy (non-hydrogen) atoms. The van der Waals surface area contributed by atoms with Crippen LogP contribution < -0.4 is 5.56 Å². The molecule has 0 amide bonds. The highest BCUT2D eigenvalue weighted by atomic mass is 16.6. The van der Waals surface area contributed by atoms with E-state index in [1.165, 1.54) is 22.9 Å². The van der Waals surface area contributed by atoms with Gasteiger partial charge in [0.15, 0.2) is 0 Å². The first-order valence-electron chi connectivity index (χ1n) is 7.84. The lowest BCUT2D eigenvalue weighted by molar-refractivity contribution is -0.385. The van der Waals surface area contributed by atoms with Crippen LogP contribution in [0.2, 0.25) is 0 Å². The number of nitrogens with zero attached hydrogens (tertiary/aromatic N) is 4. The Hall–Kier alpha value is -2.45. The predicted molar refractivity (Wildman–Crippen MR) is 87.9 cm³/mol. The second-order valence-corrected chi connectivity index (χ2v) is 5.85. The van der Waals surface area contributed by atoms with Crippen LogP contribution in [0.25, 0.3) is 0 Å². The summed E-state index contributed by atoms with van der Waals surface area (Å²) in [5.74, 6) is 0. The van der Waals surface area contributed by atoms with Gasteiger partial charge in [-0.15, -0.1) is 0 Å². The zero-order chi connectivity index (χ0) is 17.1. The largest absolute Gasteiger partial charge is 0.378 e. The van der Waals surface area contributed by atoms with Crippen molar-refractivity contribution in [2.45, 2.75) is 12.6 Å². The van der Waals surface area contributed by atoms with Crippen molar-refractivity contribution in [2.75, 3.05) is 26.3 Å². The fraction of sp³-hybridized carbons (Fsp3) is 0.438. The average molecular weight is 332 g/mol. The van der Waals surface area contributed by atoms with Gasteiger partial charge in [0, 0.05) is 50.7 Å². The van der Waals surface area contributed by atoms with Gasteiger partial charge in [0.05, 0.1) is 30.4 Å². The molecule has 0 aliphatic carbocycles. The summed E-state index contributed by atoms with van der Waals surface area (Å²) >= 11 is 0. The van der Waals surface area contributed by atoms with Crippen LogP contribution in [0.5, 0.6) is 0 Å². The number of aromatic nitrogens is 2. The van der Waals surface area contributed by atoms with Crippen molar-refractivity contribution >= 4 is 5.69 Å². The van der Waals surface area contributed by atoms with Crippen LogP contribution in [0, 0.1) is 10.1 Å². The maximum atomic E-state index is 11.9. The third-order valence-corrected chi connectivity index (χ3v) is 4.37. The molecule has 1 aliphatic heterocycles. The normalized spacial score (nSPS) is 18.6. The van der Waals surface area contributed by atoms with E-state index in [9.17, 15) is 14.9 Å². The second kappa shape index (κ2) is 6.98. The quantitative estimate of drug-likeness (QED) is 0.606. The minimum absolute atomic E-state index is 0.0736. The first-order valence-corrected chi connectivity index (χ1v) is 7.84. The van der Waals surface area contributed by atoms with E-state index >= 15 is 0 Å². The van der Waals surface area contributed by atoms with Crippen molar-refractivity contribution in [3.05, 3.63) is 62.8 Å². The molecule has 0 radical (unpaired) electrons. The summed E-state index contributed by atoms with van der Waals surface area (Å²) in [6.45, 7) is 3.04. The summed E-state index contributed by atoms with van der Waals surface area (Å²) in [5.41, 5.74) is 0.848. The van der Waals surface area contributed by atoms with Crippen LogP contribution in [0.4, 0.5) is 5.69 Å². The molecule has 8 heteroatoms. The Balaban J connectivity index is 1.75. The lowest BCUT2D eigenvalue weighted by Crippen LogP contribution is -2.42. The van der Waals surface area contributed by atoms with Gasteiger partial charge in [0.25, 0.3) is 11.2 Å². The number of ether oxygens (including phenoxy) is 1. The Bertz CT molecular complexity index is 782. The van der Waals surface area contributed by atoms with Crippen molar-refractivity contribution in [1.82, 2.24) is 14.0 Å². The maximum absolute atomic E-state index is 11.9. The SMILES string of the molecule is Cn1cccc1[C@@H]1COCCN1CCn1cc([N+](=O)[O-])ccc1=O. The topological polar surface area (TPSA) is 82.5 Å². The summed E-state index contributed by atoms with van der Waals surface area (Å²) in [6.07, 6.45) is 3.30. The van der Waals surface area contributed by atoms with Crippen LogP contribution in [0.15, 0.2) is 41.5 Å². The molecule has 128 valence electrons. The van der Waals surface area contributed by atoms with E-state index in [-0.39, 0.29) is 17.3 Å². The van der Waals surface area contributed by atoms with E-state index in [2.05, 4.69) is 15.5 Å². The summed E-state index contributed by atoms with van der Waals surface area (Å²) in [5, 5.41) is 10.9. The van der Waals surface area contributed by atoms with Crippen LogP contribution in [-0.4, -0.2) is 45.3 Å². The van der Waals surface area contributed by atoms with Gasteiger partial charge in [-0.3, -0.25) is 19.8 Å². The molecule has 0 bridgehead atoms. The van der Waals surface area contributed by atoms with E-state index in [4.69, 9.17) is 4.74 Å². The predicted octanol–water partition coefficient (Wildman–Crippen LogP) is 1.17. The molecule has 1 atom stereocenters. The van der Waals surface area contributed by atoms with Gasteiger partial charge in [0.2, 0.25) is 0 Å². The molecule has 1 aliphatic rings. The number of nitro groups is 1. The van der Waals surface area contributed by atoms with Crippen LogP contribution >= 0.6 is 0 Å². The van der Waals surface area contributed by atoms with Crippen LogP contribution in [0.3, 0.4) is 0 Å². The number of hydrogen-bond acceptors (Lipinski definition) is 5. The Kier molecular flexibility index (Phi) is 4.77. The van der Waals surface area contributed by atoms with Gasteiger partial charge in [-0.1, -0.05) is 0 Å². The zero-order valence-electron chi connectivity index (χ0n) is 13.5. The first-order chi connectivity index (χ1) is 11.6. The fourth-order valence-electron chi connectivity index (χ4n) is 3.04. The molecular formula is C16H20N4O4. The minimum Gasteiger partial charge on any atom is -0.378 e. The van der Waals surface area contributed by atoms with Crippen molar-refractivity contribution in [3.63, 3.8) is 0 Å². The lowest BCUT2D eigenvalue weighted by Gasteiger charge is -2.36. The second-order valence-electron chi connectivity index (χ2n) is 5.85. The van der Waals surface area contributed by atoms with Crippen molar-refractivity contribution in [1.29, 1.82) is 0 Å². The van der Waals surface area contributed by atoms with Gasteiger partial charge < -0.3 is 13.9 Å². The lowest BCUT2D eigenvalue weighted by atomic mass is 10.1. The van der Waals surface area contributed by atoms with Gasteiger partial charge in [-0.2, -0.15) is 0 Å². The molecule has 0 N–H and O–H groups in total. The van der Waals surface area contributed by atoms with Crippen LogP contribution in [0.1, 0.15) is 11.7 Å². The molecule has 1 fully saturated rings. The number of rotatable bonds is 5. The van der Waals surface area contributed by atoms with Crippen molar-refractivity contribution in [2.24, 2.45) is 7.05 Å². The zero-order valence-corrected chi connectivity index (χ0v) is 13.5. The standard InChI is InChI=1S/C16H20N4O4/c1-17-6-2-3-14(17)15-12-24-10-9-18(15)7-8-19-11-13(20(22)23)4-5-16(19)21/h2-6,11,15H,7-10,12H2,1H3/t15-/m0/s1. The number of pyridine rings is 1. The number of aryl methyl sites for hydroxylation is 1. The molecular weight excluding hydrogens is 312 g/mol. The summed E-state index contributed by atoms with van der Waals surface area (Å²) in [7, 11) is 1.99. The van der Waals surface area contributed by atoms with E-state index < -0.39 is 4.92 Å². The summed E-state index contributed by atoms with van der Waals surface area (Å²) in [4.78, 5) is 24.6. The number of morpholine rings is 1. The summed E-state index contributed by atoms with van der Waals surface area (Å²) < 4.78 is 9.06. The molecule has 3 heterocycles. The monoisotopic (exact) mass is 332 g/mol. The van der Waals surface area contributed by atoms with Gasteiger partial charge in [0.1, 0.15) is 0 Å². The third kappa shape index (κ3) is 3.39. The van der Waals surface area contributed by atoms with E-state index in [0.717, 1.165) is 12.2 Å². The smallest absolute Gasteiger partial charge is 0.285 e. The highest BCUT2D eigenvalue weighted by molar-refractivity contribution is 5.24. The van der Waals surface area contributed by atoms with Crippen molar-refractivity contribution < 1.29 is 9.66 Å². The van der Waals surface area contributed by atoms with Gasteiger partial charge in [-0.05, 0) is 12.1 Å². The molecule has 8 nitrogen and oxygen atoms in total. The molecule has 2 aromatic heterocycles. The van der Waals surface area contributed by atoms with Crippen molar-refractivity contribution in [3.8, 4) is 0 Å². The maximum Gasteiger partial charge on any atom is 0.285 e. The first kappa shape index (κ1) is 16.4. The van der Waals surface area contributed by atoms with Gasteiger partial charge >= 0.3 is 0 Å². The summed E-state index contributed by atoms with van der Waals surface area (Å²) in [6, 6.07) is 6.65. The molecule has 2 aromatic rings.